The Balaban J connectivity index is 2.15. The molecule has 20 heavy (non-hydrogen) atoms. The molecule has 1 atom stereocenters. The van der Waals surface area contributed by atoms with Crippen molar-refractivity contribution in [3.8, 4) is 0 Å². The SMILES string of the molecule is CNCC(C)C(=O)N(C)Cc1nc2ccsc2c(=O)[nH]1. The van der Waals surface area contributed by atoms with Crippen LogP contribution in [-0.4, -0.2) is 41.4 Å². The number of thiophene rings is 1. The molecule has 0 aliphatic carbocycles. The Morgan fingerprint density at radius 1 is 1.60 bits per heavy atom. The first kappa shape index (κ1) is 14.7. The second kappa shape index (κ2) is 6.15. The number of H-pyrrole nitrogens is 1. The maximum Gasteiger partial charge on any atom is 0.268 e. The molecule has 2 rings (SSSR count). The number of fused-ring (bicyclic) bond motifs is 1. The van der Waals surface area contributed by atoms with E-state index in [0.29, 0.717) is 29.1 Å². The van der Waals surface area contributed by atoms with Crippen molar-refractivity contribution in [2.24, 2.45) is 5.92 Å². The Morgan fingerprint density at radius 2 is 2.35 bits per heavy atom. The van der Waals surface area contributed by atoms with Crippen LogP contribution < -0.4 is 10.9 Å². The van der Waals surface area contributed by atoms with Crippen LogP contribution >= 0.6 is 11.3 Å². The van der Waals surface area contributed by atoms with Crippen molar-refractivity contribution in [3.05, 3.63) is 27.6 Å². The fraction of sp³-hybridized carbons (Fsp3) is 0.462. The third kappa shape index (κ3) is 3.05. The average Bonchev–Trinajstić information content (AvgIpc) is 2.86. The molecule has 0 saturated carbocycles. The Bertz CT molecular complexity index is 664. The number of rotatable bonds is 5. The normalized spacial score (nSPS) is 12.6. The van der Waals surface area contributed by atoms with E-state index in [2.05, 4.69) is 15.3 Å². The molecule has 2 heterocycles. The van der Waals surface area contributed by atoms with Gasteiger partial charge in [-0.3, -0.25) is 9.59 Å². The largest absolute Gasteiger partial charge is 0.338 e. The van der Waals surface area contributed by atoms with E-state index in [1.165, 1.54) is 11.3 Å². The van der Waals surface area contributed by atoms with Gasteiger partial charge in [-0.1, -0.05) is 6.92 Å². The summed E-state index contributed by atoms with van der Waals surface area (Å²) in [5, 5.41) is 4.81. The van der Waals surface area contributed by atoms with E-state index in [9.17, 15) is 9.59 Å². The lowest BCUT2D eigenvalue weighted by Gasteiger charge is -2.20. The molecule has 2 N–H and O–H groups in total. The Hall–Kier alpha value is -1.73. The standard InChI is InChI=1S/C13H18N4O2S/c1-8(6-14-2)13(19)17(3)7-10-15-9-4-5-20-11(9)12(18)16-10/h4-5,8,14H,6-7H2,1-3H3,(H,15,16,18). The smallest absolute Gasteiger partial charge is 0.268 e. The lowest BCUT2D eigenvalue weighted by molar-refractivity contribution is -0.134. The summed E-state index contributed by atoms with van der Waals surface area (Å²) in [6.07, 6.45) is 0. The minimum absolute atomic E-state index is 0.0208. The third-order valence-electron chi connectivity index (χ3n) is 3.06. The van der Waals surface area contributed by atoms with Crippen LogP contribution in [0.5, 0.6) is 0 Å². The number of aromatic amines is 1. The van der Waals surface area contributed by atoms with Gasteiger partial charge in [-0.2, -0.15) is 0 Å². The van der Waals surface area contributed by atoms with Crippen LogP contribution in [0, 0.1) is 5.92 Å². The zero-order valence-corrected chi connectivity index (χ0v) is 12.6. The highest BCUT2D eigenvalue weighted by Gasteiger charge is 2.18. The van der Waals surface area contributed by atoms with Crippen molar-refractivity contribution in [1.82, 2.24) is 20.2 Å². The van der Waals surface area contributed by atoms with Gasteiger partial charge in [0.15, 0.2) is 0 Å². The summed E-state index contributed by atoms with van der Waals surface area (Å²) in [5.41, 5.74) is 0.530. The first-order valence-corrected chi connectivity index (χ1v) is 7.27. The van der Waals surface area contributed by atoms with Gasteiger partial charge >= 0.3 is 0 Å². The predicted molar refractivity (Wildman–Crippen MR) is 79.8 cm³/mol. The monoisotopic (exact) mass is 294 g/mol. The number of carbonyl (C=O) groups is 1. The minimum atomic E-state index is -0.149. The third-order valence-corrected chi connectivity index (χ3v) is 3.96. The van der Waals surface area contributed by atoms with Crippen molar-refractivity contribution >= 4 is 27.5 Å². The van der Waals surface area contributed by atoms with E-state index < -0.39 is 0 Å². The van der Waals surface area contributed by atoms with Crippen LogP contribution in [-0.2, 0) is 11.3 Å². The number of hydrogen-bond acceptors (Lipinski definition) is 5. The molecule has 1 unspecified atom stereocenters. The lowest BCUT2D eigenvalue weighted by atomic mass is 10.1. The first-order chi connectivity index (χ1) is 9.52. The van der Waals surface area contributed by atoms with E-state index in [-0.39, 0.29) is 17.4 Å². The van der Waals surface area contributed by atoms with E-state index in [0.717, 1.165) is 0 Å². The van der Waals surface area contributed by atoms with E-state index in [4.69, 9.17) is 0 Å². The number of amides is 1. The molecule has 6 nitrogen and oxygen atoms in total. The Kier molecular flexibility index (Phi) is 4.51. The van der Waals surface area contributed by atoms with E-state index in [1.807, 2.05) is 25.4 Å². The maximum absolute atomic E-state index is 12.1. The fourth-order valence-corrected chi connectivity index (χ4v) is 2.79. The molecule has 1 amide bonds. The van der Waals surface area contributed by atoms with Crippen LogP contribution in [0.3, 0.4) is 0 Å². The zero-order chi connectivity index (χ0) is 14.7. The molecule has 2 aromatic heterocycles. The molecule has 0 aliphatic heterocycles. The summed E-state index contributed by atoms with van der Waals surface area (Å²) in [6.45, 7) is 2.79. The van der Waals surface area contributed by atoms with Gasteiger partial charge in [-0.15, -0.1) is 11.3 Å². The molecule has 0 saturated heterocycles. The van der Waals surface area contributed by atoms with Crippen LogP contribution in [0.15, 0.2) is 16.2 Å². The van der Waals surface area contributed by atoms with Gasteiger partial charge in [0, 0.05) is 19.5 Å². The van der Waals surface area contributed by atoms with Crippen molar-refractivity contribution in [2.75, 3.05) is 20.6 Å². The van der Waals surface area contributed by atoms with E-state index >= 15 is 0 Å². The number of nitrogens with one attached hydrogen (secondary N) is 2. The summed E-state index contributed by atoms with van der Waals surface area (Å²) < 4.78 is 0.617. The van der Waals surface area contributed by atoms with Crippen LogP contribution in [0.2, 0.25) is 0 Å². The fourth-order valence-electron chi connectivity index (χ4n) is 2.07. The molecule has 0 aliphatic rings. The van der Waals surface area contributed by atoms with Crippen molar-refractivity contribution in [3.63, 3.8) is 0 Å². The molecule has 108 valence electrons. The van der Waals surface area contributed by atoms with Gasteiger partial charge in [0.25, 0.3) is 5.56 Å². The maximum atomic E-state index is 12.1. The molecule has 0 aromatic carbocycles. The van der Waals surface area contributed by atoms with Gasteiger partial charge in [0.2, 0.25) is 5.91 Å². The highest BCUT2D eigenvalue weighted by molar-refractivity contribution is 7.17. The molecule has 2 aromatic rings. The number of aromatic nitrogens is 2. The van der Waals surface area contributed by atoms with Gasteiger partial charge in [0.1, 0.15) is 10.5 Å². The average molecular weight is 294 g/mol. The van der Waals surface area contributed by atoms with Crippen molar-refractivity contribution < 1.29 is 4.79 Å². The van der Waals surface area contributed by atoms with Crippen LogP contribution in [0.4, 0.5) is 0 Å². The quantitative estimate of drug-likeness (QED) is 0.855. The second-order valence-corrected chi connectivity index (χ2v) is 5.72. The molecule has 0 bridgehead atoms. The van der Waals surface area contributed by atoms with Crippen molar-refractivity contribution in [2.45, 2.75) is 13.5 Å². The molecule has 0 spiro atoms. The molecule has 0 radical (unpaired) electrons. The highest BCUT2D eigenvalue weighted by Crippen LogP contribution is 2.14. The van der Waals surface area contributed by atoms with Crippen molar-refractivity contribution in [1.29, 1.82) is 0 Å². The Morgan fingerprint density at radius 3 is 3.05 bits per heavy atom. The number of nitrogens with zero attached hydrogens (tertiary/aromatic N) is 2. The highest BCUT2D eigenvalue weighted by atomic mass is 32.1. The molecule has 0 fully saturated rings. The van der Waals surface area contributed by atoms with Gasteiger partial charge in [0.05, 0.1) is 12.1 Å². The van der Waals surface area contributed by atoms with E-state index in [1.54, 1.807) is 11.9 Å². The second-order valence-electron chi connectivity index (χ2n) is 4.80. The summed E-state index contributed by atoms with van der Waals surface area (Å²) in [5.74, 6) is 0.419. The zero-order valence-electron chi connectivity index (χ0n) is 11.8. The van der Waals surface area contributed by atoms with Crippen LogP contribution in [0.25, 0.3) is 10.2 Å². The lowest BCUT2D eigenvalue weighted by Crippen LogP contribution is -2.36. The minimum Gasteiger partial charge on any atom is -0.338 e. The van der Waals surface area contributed by atoms with Gasteiger partial charge in [-0.25, -0.2) is 4.98 Å². The van der Waals surface area contributed by atoms with Gasteiger partial charge < -0.3 is 15.2 Å². The topological polar surface area (TPSA) is 78.1 Å². The molecular weight excluding hydrogens is 276 g/mol. The van der Waals surface area contributed by atoms with Gasteiger partial charge in [-0.05, 0) is 18.5 Å². The predicted octanol–water partition coefficient (Wildman–Crippen LogP) is 0.798. The number of carbonyl (C=O) groups excluding carboxylic acids is 1. The first-order valence-electron chi connectivity index (χ1n) is 6.39. The number of hydrogen-bond donors (Lipinski definition) is 2. The molecule has 7 heteroatoms. The summed E-state index contributed by atoms with van der Waals surface area (Å²) in [6, 6.07) is 1.81. The summed E-state index contributed by atoms with van der Waals surface area (Å²) in [7, 11) is 3.53. The molecular formula is C13H18N4O2S. The summed E-state index contributed by atoms with van der Waals surface area (Å²) in [4.78, 5) is 32.6. The summed E-state index contributed by atoms with van der Waals surface area (Å²) >= 11 is 1.36. The van der Waals surface area contributed by atoms with Crippen LogP contribution in [0.1, 0.15) is 12.7 Å². The Labute approximate surface area is 120 Å².